The molecule has 0 radical (unpaired) electrons. The molecule has 1 aromatic heterocycles. The standard InChI is InChI=1S/C16H10ClF4N3/c17-9-5-7-10(8-6-9)24-15(22)13(14(23-24)16(19,20)21)11-3-1-2-4-12(11)18/h1-8H,22H2. The molecule has 0 aliphatic rings. The van der Waals surface area contributed by atoms with Crippen molar-refractivity contribution < 1.29 is 17.6 Å². The molecule has 0 amide bonds. The van der Waals surface area contributed by atoms with Gasteiger partial charge in [-0.05, 0) is 30.3 Å². The molecule has 0 bridgehead atoms. The van der Waals surface area contributed by atoms with Crippen LogP contribution in [0.4, 0.5) is 23.4 Å². The smallest absolute Gasteiger partial charge is 0.383 e. The molecule has 0 saturated heterocycles. The van der Waals surface area contributed by atoms with Crippen LogP contribution in [-0.4, -0.2) is 9.78 Å². The Kier molecular flexibility index (Phi) is 3.96. The Morgan fingerprint density at radius 3 is 2.21 bits per heavy atom. The molecule has 3 aromatic rings. The molecule has 124 valence electrons. The summed E-state index contributed by atoms with van der Waals surface area (Å²) in [5.41, 5.74) is 4.15. The van der Waals surface area contributed by atoms with E-state index in [9.17, 15) is 17.6 Å². The van der Waals surface area contributed by atoms with Crippen molar-refractivity contribution in [1.82, 2.24) is 9.78 Å². The van der Waals surface area contributed by atoms with E-state index in [0.29, 0.717) is 5.02 Å². The Labute approximate surface area is 139 Å². The van der Waals surface area contributed by atoms with Crippen LogP contribution in [0, 0.1) is 5.82 Å². The van der Waals surface area contributed by atoms with E-state index in [1.807, 2.05) is 0 Å². The van der Waals surface area contributed by atoms with E-state index in [0.717, 1.165) is 10.7 Å². The second-order valence-corrected chi connectivity index (χ2v) is 5.41. The Morgan fingerprint density at radius 1 is 1.00 bits per heavy atom. The number of rotatable bonds is 2. The highest BCUT2D eigenvalue weighted by atomic mass is 35.5. The van der Waals surface area contributed by atoms with Crippen LogP contribution in [0.5, 0.6) is 0 Å². The first kappa shape index (κ1) is 16.3. The number of anilines is 1. The van der Waals surface area contributed by atoms with E-state index < -0.39 is 23.3 Å². The lowest BCUT2D eigenvalue weighted by Gasteiger charge is -2.08. The van der Waals surface area contributed by atoms with Gasteiger partial charge in [0.2, 0.25) is 0 Å². The fourth-order valence-electron chi connectivity index (χ4n) is 2.34. The SMILES string of the molecule is Nc1c(-c2ccccc2F)c(C(F)(F)F)nn1-c1ccc(Cl)cc1. The van der Waals surface area contributed by atoms with Crippen molar-refractivity contribution in [2.24, 2.45) is 0 Å². The molecule has 0 spiro atoms. The van der Waals surface area contributed by atoms with Crippen molar-refractivity contribution in [1.29, 1.82) is 0 Å². The Hall–Kier alpha value is -2.54. The number of halogens is 5. The van der Waals surface area contributed by atoms with Gasteiger partial charge in [0.05, 0.1) is 11.3 Å². The van der Waals surface area contributed by atoms with Crippen LogP contribution in [-0.2, 0) is 6.18 Å². The molecule has 2 N–H and O–H groups in total. The quantitative estimate of drug-likeness (QED) is 0.662. The van der Waals surface area contributed by atoms with E-state index in [-0.39, 0.29) is 17.1 Å². The molecule has 8 heteroatoms. The summed E-state index contributed by atoms with van der Waals surface area (Å²) in [5.74, 6) is -1.12. The Morgan fingerprint density at radius 2 is 1.62 bits per heavy atom. The van der Waals surface area contributed by atoms with E-state index in [1.54, 1.807) is 0 Å². The molecule has 0 fully saturated rings. The Balaban J connectivity index is 2.28. The van der Waals surface area contributed by atoms with Crippen molar-refractivity contribution in [3.63, 3.8) is 0 Å². The van der Waals surface area contributed by atoms with Crippen LogP contribution in [0.2, 0.25) is 5.02 Å². The first-order valence-electron chi connectivity index (χ1n) is 6.75. The summed E-state index contributed by atoms with van der Waals surface area (Å²) in [6.07, 6.45) is -4.79. The fraction of sp³-hybridized carbons (Fsp3) is 0.0625. The number of aromatic nitrogens is 2. The third-order valence-corrected chi connectivity index (χ3v) is 3.66. The van der Waals surface area contributed by atoms with E-state index >= 15 is 0 Å². The molecular formula is C16H10ClF4N3. The molecule has 24 heavy (non-hydrogen) atoms. The predicted molar refractivity (Wildman–Crippen MR) is 83.4 cm³/mol. The maximum absolute atomic E-state index is 14.0. The minimum absolute atomic E-state index is 0.262. The van der Waals surface area contributed by atoms with Gasteiger partial charge in [-0.3, -0.25) is 0 Å². The lowest BCUT2D eigenvalue weighted by Crippen LogP contribution is -2.09. The lowest BCUT2D eigenvalue weighted by molar-refractivity contribution is -0.140. The molecular weight excluding hydrogens is 346 g/mol. The van der Waals surface area contributed by atoms with Gasteiger partial charge in [-0.15, -0.1) is 0 Å². The normalized spacial score (nSPS) is 11.7. The average molecular weight is 356 g/mol. The molecule has 3 rings (SSSR count). The van der Waals surface area contributed by atoms with Gasteiger partial charge in [0.15, 0.2) is 5.69 Å². The van der Waals surface area contributed by atoms with Gasteiger partial charge in [-0.25, -0.2) is 9.07 Å². The summed E-state index contributed by atoms with van der Waals surface area (Å²) in [6.45, 7) is 0. The van der Waals surface area contributed by atoms with Crippen LogP contribution in [0.25, 0.3) is 16.8 Å². The Bertz CT molecular complexity index is 885. The van der Waals surface area contributed by atoms with Gasteiger partial charge in [0, 0.05) is 10.6 Å². The highest BCUT2D eigenvalue weighted by molar-refractivity contribution is 6.30. The number of benzene rings is 2. The zero-order valence-corrected chi connectivity index (χ0v) is 12.7. The van der Waals surface area contributed by atoms with E-state index in [4.69, 9.17) is 17.3 Å². The van der Waals surface area contributed by atoms with Crippen molar-refractivity contribution in [3.8, 4) is 16.8 Å². The summed E-state index contributed by atoms with van der Waals surface area (Å²) < 4.78 is 55.0. The molecule has 0 saturated carbocycles. The monoisotopic (exact) mass is 355 g/mol. The van der Waals surface area contributed by atoms with Gasteiger partial charge >= 0.3 is 6.18 Å². The summed E-state index contributed by atoms with van der Waals surface area (Å²) in [7, 11) is 0. The van der Waals surface area contributed by atoms with Crippen LogP contribution >= 0.6 is 11.6 Å². The third kappa shape index (κ3) is 2.82. The van der Waals surface area contributed by atoms with Gasteiger partial charge in [-0.1, -0.05) is 29.8 Å². The van der Waals surface area contributed by atoms with Crippen LogP contribution in [0.3, 0.4) is 0 Å². The minimum atomic E-state index is -4.79. The maximum Gasteiger partial charge on any atom is 0.435 e. The second kappa shape index (κ2) is 5.83. The number of hydrogen-bond acceptors (Lipinski definition) is 2. The second-order valence-electron chi connectivity index (χ2n) is 4.97. The van der Waals surface area contributed by atoms with Crippen LogP contribution in [0.15, 0.2) is 48.5 Å². The number of nitrogen functional groups attached to an aromatic ring is 1. The fourth-order valence-corrected chi connectivity index (χ4v) is 2.46. The van der Waals surface area contributed by atoms with Crippen LogP contribution in [0.1, 0.15) is 5.69 Å². The molecule has 0 atom stereocenters. The molecule has 0 aliphatic heterocycles. The summed E-state index contributed by atoms with van der Waals surface area (Å²) in [5, 5.41) is 3.97. The lowest BCUT2D eigenvalue weighted by atomic mass is 10.0. The van der Waals surface area contributed by atoms with E-state index in [2.05, 4.69) is 5.10 Å². The maximum atomic E-state index is 14.0. The topological polar surface area (TPSA) is 43.8 Å². The predicted octanol–water partition coefficient (Wildman–Crippen LogP) is 4.93. The van der Waals surface area contributed by atoms with Crippen molar-refractivity contribution in [3.05, 3.63) is 65.1 Å². The first-order chi connectivity index (χ1) is 11.3. The average Bonchev–Trinajstić information content (AvgIpc) is 2.86. The number of nitrogens with zero attached hydrogens (tertiary/aromatic N) is 2. The van der Waals surface area contributed by atoms with Crippen molar-refractivity contribution in [2.75, 3.05) is 5.73 Å². The number of nitrogens with two attached hydrogens (primary N) is 1. The molecule has 0 aliphatic carbocycles. The highest BCUT2D eigenvalue weighted by Gasteiger charge is 2.40. The zero-order valence-electron chi connectivity index (χ0n) is 12.0. The van der Waals surface area contributed by atoms with Gasteiger partial charge in [0.1, 0.15) is 11.6 Å². The highest BCUT2D eigenvalue weighted by Crippen LogP contribution is 2.41. The zero-order chi connectivity index (χ0) is 17.5. The largest absolute Gasteiger partial charge is 0.435 e. The minimum Gasteiger partial charge on any atom is -0.383 e. The van der Waals surface area contributed by atoms with Gasteiger partial charge in [0.25, 0.3) is 0 Å². The molecule has 2 aromatic carbocycles. The third-order valence-electron chi connectivity index (χ3n) is 3.40. The first-order valence-corrected chi connectivity index (χ1v) is 7.13. The van der Waals surface area contributed by atoms with Gasteiger partial charge in [-0.2, -0.15) is 18.3 Å². The molecule has 1 heterocycles. The molecule has 3 nitrogen and oxygen atoms in total. The molecule has 0 unspecified atom stereocenters. The summed E-state index contributed by atoms with van der Waals surface area (Å²) >= 11 is 5.77. The van der Waals surface area contributed by atoms with Gasteiger partial charge < -0.3 is 5.73 Å². The van der Waals surface area contributed by atoms with Crippen LogP contribution < -0.4 is 5.73 Å². The summed E-state index contributed by atoms with van der Waals surface area (Å²) in [4.78, 5) is 0. The van der Waals surface area contributed by atoms with Crippen molar-refractivity contribution in [2.45, 2.75) is 6.18 Å². The summed E-state index contributed by atoms with van der Waals surface area (Å²) in [6, 6.07) is 11.0. The van der Waals surface area contributed by atoms with E-state index in [1.165, 1.54) is 42.5 Å². The number of hydrogen-bond donors (Lipinski definition) is 1. The number of alkyl halides is 3. The van der Waals surface area contributed by atoms with Crippen molar-refractivity contribution >= 4 is 17.4 Å².